The second-order valence-corrected chi connectivity index (χ2v) is 20.5. The van der Waals surface area contributed by atoms with Crippen LogP contribution < -0.4 is 115 Å². The van der Waals surface area contributed by atoms with Gasteiger partial charge in [0.15, 0.2) is 0 Å². The van der Waals surface area contributed by atoms with E-state index in [0.29, 0.717) is 0 Å². The third-order valence-corrected chi connectivity index (χ3v) is 18.1. The van der Waals surface area contributed by atoms with E-state index in [1.165, 1.54) is 202 Å². The first-order valence-corrected chi connectivity index (χ1v) is 24.1. The highest BCUT2D eigenvalue weighted by Gasteiger charge is 2.31. The van der Waals surface area contributed by atoms with Gasteiger partial charge in [0, 0.05) is 0 Å². The number of hydrogen-bond acceptors (Lipinski definition) is 0. The molecule has 9 rings (SSSR count). The molecule has 0 radical (unpaired) electrons. The molecule has 0 aliphatic carbocycles. The molecule has 21 heteroatoms. The standard InChI is InChI=1S/C44H49B21/c45-24-11(10-7-3-5-8-4-1-2-6-9(8)10)27(48)28(49)15-13(19-26(47)21-23(34(55)32(19)53)38(59)44(65)42(63)36(21)57)17-16(29(50)39(60)40(61)30(17)51)12(14(15)24)18-25(46)20-22(33(54)31(18)52)37(58)43(64)41(62)35(20)56/h1-7H,45-65H2. The van der Waals surface area contributed by atoms with Gasteiger partial charge in [-0.05, 0) is 87.2 Å². The average molecular weight is 805 g/mol. The van der Waals surface area contributed by atoms with Crippen LogP contribution >= 0.6 is 0 Å². The molecule has 0 fully saturated rings. The predicted octanol–water partition coefficient (Wildman–Crippen LogP) is -24.1. The zero-order chi connectivity index (χ0) is 47.3. The lowest BCUT2D eigenvalue weighted by atomic mass is 9.55. The van der Waals surface area contributed by atoms with Crippen LogP contribution in [0.15, 0.2) is 42.5 Å². The van der Waals surface area contributed by atoms with Crippen LogP contribution in [0.2, 0.25) is 0 Å². The Morgan fingerprint density at radius 2 is 0.446 bits per heavy atom. The lowest BCUT2D eigenvalue weighted by Gasteiger charge is -2.33. The highest BCUT2D eigenvalue weighted by molar-refractivity contribution is 6.76. The van der Waals surface area contributed by atoms with Crippen LogP contribution in [0.1, 0.15) is 0 Å². The van der Waals surface area contributed by atoms with Crippen LogP contribution in [0, 0.1) is 0 Å². The molecule has 0 saturated carbocycles. The number of benzene rings is 9. The van der Waals surface area contributed by atoms with Crippen LogP contribution in [-0.2, 0) is 0 Å². The van der Waals surface area contributed by atoms with E-state index >= 15 is 0 Å². The highest BCUT2D eigenvalue weighted by Crippen LogP contribution is 2.41. The maximum absolute atomic E-state index is 2.46. The molecule has 9 aromatic carbocycles. The second kappa shape index (κ2) is 15.9. The molecule has 0 amide bonds. The molecule has 65 heavy (non-hydrogen) atoms. The molecule has 9 aromatic rings. The molecular weight excluding hydrogens is 756 g/mol. The smallest absolute Gasteiger partial charge is 0.101 e. The Labute approximate surface area is 406 Å². The SMILES string of the molecule is Bc1c(B)c(B)c2c(B)c(-c3c4c(B)c(B)c(B)c(B)c4c(-c4c(B)c(B)c5c(B)c(B)c(B)c(B)c5c4B)c4c(B)c(-c5cccc6ccccc56)c(B)c(B)c34)c(B)c(B)c2c1B. The third-order valence-electron chi connectivity index (χ3n) is 18.1. The van der Waals surface area contributed by atoms with Gasteiger partial charge in [-0.3, -0.25) is 0 Å². The van der Waals surface area contributed by atoms with Gasteiger partial charge >= 0.3 is 0 Å². The summed E-state index contributed by atoms with van der Waals surface area (Å²) >= 11 is 0. The summed E-state index contributed by atoms with van der Waals surface area (Å²) in [4.78, 5) is 0. The Morgan fingerprint density at radius 3 is 0.846 bits per heavy atom. The summed E-state index contributed by atoms with van der Waals surface area (Å²) < 4.78 is 0. The van der Waals surface area contributed by atoms with Crippen molar-refractivity contribution in [3.05, 3.63) is 42.5 Å². The van der Waals surface area contributed by atoms with E-state index < -0.39 is 0 Å². The molecule has 0 unspecified atom stereocenters. The Morgan fingerprint density at radius 1 is 0.185 bits per heavy atom. The molecule has 0 nitrogen and oxygen atoms in total. The molecular formula is C44H49B21. The molecule has 0 heterocycles. The van der Waals surface area contributed by atoms with Gasteiger partial charge in [0.1, 0.15) is 165 Å². The van der Waals surface area contributed by atoms with Gasteiger partial charge in [-0.1, -0.05) is 124 Å². The van der Waals surface area contributed by atoms with Crippen molar-refractivity contribution in [1.82, 2.24) is 0 Å². The normalized spacial score (nSPS) is 11.8. The van der Waals surface area contributed by atoms with E-state index in [2.05, 4.69) is 207 Å². The van der Waals surface area contributed by atoms with Crippen molar-refractivity contribution in [2.75, 3.05) is 0 Å². The molecule has 0 atom stereocenters. The minimum Gasteiger partial charge on any atom is -0.101 e. The monoisotopic (exact) mass is 809 g/mol. The van der Waals surface area contributed by atoms with Crippen molar-refractivity contribution in [3.63, 3.8) is 0 Å². The van der Waals surface area contributed by atoms with Gasteiger partial charge in [0.05, 0.1) is 0 Å². The Hall–Kier alpha value is -4.36. The van der Waals surface area contributed by atoms with Gasteiger partial charge in [-0.15, -0.1) is 32.8 Å². The molecule has 0 aliphatic heterocycles. The average Bonchev–Trinajstić information content (AvgIpc) is 3.28. The Balaban J connectivity index is 1.68. The summed E-state index contributed by atoms with van der Waals surface area (Å²) in [5, 5.41) is 13.9. The minimum atomic E-state index is 1.28. The van der Waals surface area contributed by atoms with E-state index in [1.54, 1.807) is 0 Å². The van der Waals surface area contributed by atoms with Crippen molar-refractivity contribution in [1.29, 1.82) is 0 Å². The summed E-state index contributed by atoms with van der Waals surface area (Å²) in [5.41, 5.74) is 37.7. The van der Waals surface area contributed by atoms with Crippen LogP contribution in [0.5, 0.6) is 0 Å². The van der Waals surface area contributed by atoms with Crippen LogP contribution in [-0.4, -0.2) is 165 Å². The maximum Gasteiger partial charge on any atom is 0.140 e. The van der Waals surface area contributed by atoms with Gasteiger partial charge < -0.3 is 0 Å². The topological polar surface area (TPSA) is 0 Å². The van der Waals surface area contributed by atoms with Crippen LogP contribution in [0.3, 0.4) is 0 Å². The minimum absolute atomic E-state index is 1.28. The van der Waals surface area contributed by atoms with Crippen molar-refractivity contribution in [3.8, 4) is 33.4 Å². The number of rotatable bonds is 3. The van der Waals surface area contributed by atoms with Crippen molar-refractivity contribution >= 4 is 333 Å². The van der Waals surface area contributed by atoms with E-state index in [1.807, 2.05) is 0 Å². The first kappa shape index (κ1) is 45.8. The summed E-state index contributed by atoms with van der Waals surface area (Å²) in [6.07, 6.45) is 0. The van der Waals surface area contributed by atoms with Crippen LogP contribution in [0.4, 0.5) is 0 Å². The lowest BCUT2D eigenvalue weighted by molar-refractivity contribution is 1.73. The molecule has 0 aliphatic rings. The fourth-order valence-electron chi connectivity index (χ4n) is 13.1. The first-order chi connectivity index (χ1) is 30.6. The van der Waals surface area contributed by atoms with Gasteiger partial charge in [0.2, 0.25) is 0 Å². The molecule has 0 N–H and O–H groups in total. The number of fused-ring (bicyclic) bond motifs is 5. The molecule has 288 valence electrons. The fourth-order valence-corrected chi connectivity index (χ4v) is 13.1. The Kier molecular flexibility index (Phi) is 11.2. The number of hydrogen-bond donors (Lipinski definition) is 0. The Bertz CT molecular complexity index is 3720. The summed E-state index contributed by atoms with van der Waals surface area (Å²) in [6.45, 7) is 0. The largest absolute Gasteiger partial charge is 0.140 e. The predicted molar refractivity (Wildman–Crippen MR) is 362 cm³/mol. The molecule has 0 saturated heterocycles. The fraction of sp³-hybridized carbons (Fsp3) is 0. The second-order valence-electron chi connectivity index (χ2n) is 20.5. The van der Waals surface area contributed by atoms with Crippen molar-refractivity contribution < 1.29 is 0 Å². The third kappa shape index (κ3) is 6.07. The molecule has 0 bridgehead atoms. The highest BCUT2D eigenvalue weighted by atomic mass is 14.3. The van der Waals surface area contributed by atoms with Gasteiger partial charge in [-0.25, -0.2) is 0 Å². The van der Waals surface area contributed by atoms with Crippen molar-refractivity contribution in [2.24, 2.45) is 0 Å². The maximum atomic E-state index is 2.46. The van der Waals surface area contributed by atoms with Crippen LogP contribution in [0.25, 0.3) is 87.2 Å². The zero-order valence-corrected chi connectivity index (χ0v) is 43.5. The summed E-state index contributed by atoms with van der Waals surface area (Å²) in [7, 11) is 50.2. The summed E-state index contributed by atoms with van der Waals surface area (Å²) in [5.74, 6) is 0. The molecule has 0 spiro atoms. The van der Waals surface area contributed by atoms with E-state index in [4.69, 9.17) is 0 Å². The van der Waals surface area contributed by atoms with Gasteiger partial charge in [0.25, 0.3) is 0 Å². The van der Waals surface area contributed by atoms with E-state index in [0.717, 1.165) is 0 Å². The quantitative estimate of drug-likeness (QED) is 0.123. The van der Waals surface area contributed by atoms with E-state index in [9.17, 15) is 0 Å². The zero-order valence-electron chi connectivity index (χ0n) is 43.5. The summed E-state index contributed by atoms with van der Waals surface area (Å²) in [6, 6.07) is 15.9. The molecule has 0 aromatic heterocycles. The lowest BCUT2D eigenvalue weighted by Crippen LogP contribution is -2.52. The van der Waals surface area contributed by atoms with Crippen molar-refractivity contribution in [2.45, 2.75) is 0 Å². The van der Waals surface area contributed by atoms with Gasteiger partial charge in [-0.2, -0.15) is 0 Å². The first-order valence-electron chi connectivity index (χ1n) is 24.1. The van der Waals surface area contributed by atoms with E-state index in [-0.39, 0.29) is 0 Å².